The molecular weight excluding hydrogens is 579 g/mol. The van der Waals surface area contributed by atoms with Crippen LogP contribution in [0.25, 0.3) is 5.52 Å². The van der Waals surface area contributed by atoms with Gasteiger partial charge in [-0.05, 0) is 37.1 Å². The number of ether oxygens (including phenoxy) is 2. The Bertz CT molecular complexity index is 1560. The van der Waals surface area contributed by atoms with Crippen molar-refractivity contribution in [1.82, 2.24) is 19.7 Å². The van der Waals surface area contributed by atoms with E-state index in [0.29, 0.717) is 5.52 Å². The molecule has 3 aromatic rings. The van der Waals surface area contributed by atoms with E-state index < -0.39 is 49.3 Å². The minimum Gasteiger partial charge on any atom is -0.464 e. The van der Waals surface area contributed by atoms with Crippen LogP contribution in [0.1, 0.15) is 45.7 Å². The Kier molecular flexibility index (Phi) is 8.50. The van der Waals surface area contributed by atoms with Crippen molar-refractivity contribution >= 4 is 25.1 Å². The zero-order valence-corrected chi connectivity index (χ0v) is 24.9. The lowest BCUT2D eigenvalue weighted by Gasteiger charge is -2.25. The van der Waals surface area contributed by atoms with E-state index in [1.165, 1.54) is 23.8 Å². The molecule has 1 unspecified atom stereocenters. The summed E-state index contributed by atoms with van der Waals surface area (Å²) in [5.74, 6) is -0.112. The third kappa shape index (κ3) is 5.60. The number of anilines is 1. The molecule has 43 heavy (non-hydrogen) atoms. The van der Waals surface area contributed by atoms with Gasteiger partial charge in [0.15, 0.2) is 5.82 Å². The number of aliphatic hydroxyl groups is 2. The SMILES string of the molecule is CCC(CC)COC(=O)[C@H](C)NP(=O)(Oc1ccccc1)O[C@@H]1C[C@]12O[C@@](C#N)(c1ccc3c(N)ncnn13)[C@H](O)[C@@H]2O. The second-order valence-corrected chi connectivity index (χ2v) is 12.5. The van der Waals surface area contributed by atoms with Crippen molar-refractivity contribution in [3.63, 3.8) is 0 Å². The van der Waals surface area contributed by atoms with Crippen LogP contribution in [0.15, 0.2) is 48.8 Å². The highest BCUT2D eigenvalue weighted by Gasteiger charge is 2.76. The van der Waals surface area contributed by atoms with Crippen LogP contribution in [0.5, 0.6) is 5.75 Å². The van der Waals surface area contributed by atoms with Crippen molar-refractivity contribution in [3.8, 4) is 11.8 Å². The van der Waals surface area contributed by atoms with E-state index in [2.05, 4.69) is 15.2 Å². The Balaban J connectivity index is 1.39. The predicted molar refractivity (Wildman–Crippen MR) is 152 cm³/mol. The zero-order chi connectivity index (χ0) is 31.0. The number of aromatic nitrogens is 3. The number of fused-ring (bicyclic) bond motifs is 1. The standard InChI is InChI=1S/C28H35N6O8P/c1-4-18(5-2)14-39-26(37)17(3)33-43(38,40-19-9-7-6-8-10-19)41-22-13-27(22)23(35)24(36)28(15-29,42-27)21-12-11-20-25(30)31-16-32-34(20)21/h6-12,16-18,22-24,35-36H,4-5,13-14H2,1-3H3,(H,33,38)(H2,30,31,32)/t17-,22+,23-,24+,27-,28-,43?/m0/s1. The molecule has 2 aromatic heterocycles. The van der Waals surface area contributed by atoms with E-state index in [1.54, 1.807) is 36.4 Å². The molecule has 1 saturated heterocycles. The van der Waals surface area contributed by atoms with Crippen LogP contribution in [0.2, 0.25) is 0 Å². The average Bonchev–Trinajstić information content (AvgIpc) is 3.37. The lowest BCUT2D eigenvalue weighted by atomic mass is 9.92. The van der Waals surface area contributed by atoms with Crippen LogP contribution in [0, 0.1) is 17.2 Å². The largest absolute Gasteiger partial charge is 0.464 e. The Morgan fingerprint density at radius 3 is 2.65 bits per heavy atom. The predicted octanol–water partition coefficient (Wildman–Crippen LogP) is 2.45. The van der Waals surface area contributed by atoms with E-state index in [9.17, 15) is 24.8 Å². The molecule has 1 saturated carbocycles. The molecular formula is C28H35N6O8P. The fourth-order valence-corrected chi connectivity index (χ4v) is 7.00. The van der Waals surface area contributed by atoms with Gasteiger partial charge in [-0.3, -0.25) is 9.32 Å². The molecule has 1 aliphatic carbocycles. The number of nitrogen functional groups attached to an aromatic ring is 1. The van der Waals surface area contributed by atoms with Gasteiger partial charge in [-0.25, -0.2) is 14.1 Å². The molecule has 2 aliphatic rings. The lowest BCUT2D eigenvalue weighted by Crippen LogP contribution is -2.41. The summed E-state index contributed by atoms with van der Waals surface area (Å²) in [7, 11) is -4.34. The van der Waals surface area contributed by atoms with Gasteiger partial charge < -0.3 is 29.9 Å². The summed E-state index contributed by atoms with van der Waals surface area (Å²) in [6, 6.07) is 12.2. The molecule has 1 aliphatic heterocycles. The number of aliphatic hydroxyl groups excluding tert-OH is 2. The summed E-state index contributed by atoms with van der Waals surface area (Å²) in [5.41, 5.74) is 2.73. The van der Waals surface area contributed by atoms with E-state index in [4.69, 9.17) is 24.3 Å². The van der Waals surface area contributed by atoms with Crippen molar-refractivity contribution in [3.05, 3.63) is 54.5 Å². The number of benzene rings is 1. The molecule has 3 heterocycles. The summed E-state index contributed by atoms with van der Waals surface area (Å²) >= 11 is 0. The van der Waals surface area contributed by atoms with Gasteiger partial charge in [-0.15, -0.1) is 0 Å². The van der Waals surface area contributed by atoms with Gasteiger partial charge in [0, 0.05) is 6.42 Å². The van der Waals surface area contributed by atoms with Crippen LogP contribution < -0.4 is 15.3 Å². The fourth-order valence-electron chi connectivity index (χ4n) is 5.28. The van der Waals surface area contributed by atoms with Gasteiger partial charge >= 0.3 is 13.7 Å². The third-order valence-electron chi connectivity index (χ3n) is 8.04. The highest BCUT2D eigenvalue weighted by atomic mass is 31.2. The number of para-hydroxylation sites is 1. The molecule has 0 radical (unpaired) electrons. The maximum atomic E-state index is 14.1. The minimum atomic E-state index is -4.34. The third-order valence-corrected chi connectivity index (χ3v) is 9.73. The number of carbonyl (C=O) groups excluding carboxylic acids is 1. The summed E-state index contributed by atoms with van der Waals surface area (Å²) in [6.45, 7) is 5.70. The number of nitrogens with one attached hydrogen (secondary N) is 1. The van der Waals surface area contributed by atoms with Crippen molar-refractivity contribution in [2.75, 3.05) is 12.3 Å². The van der Waals surface area contributed by atoms with Gasteiger partial charge in [0.1, 0.15) is 53.6 Å². The fraction of sp³-hybridized carbons (Fsp3) is 0.500. The first kappa shape index (κ1) is 30.9. The summed E-state index contributed by atoms with van der Waals surface area (Å²) in [6.07, 6.45) is -1.61. The maximum Gasteiger partial charge on any atom is 0.459 e. The first-order valence-electron chi connectivity index (χ1n) is 14.1. The number of nitrogens with zero attached hydrogens (tertiary/aromatic N) is 4. The molecule has 1 aromatic carbocycles. The number of rotatable bonds is 12. The van der Waals surface area contributed by atoms with E-state index in [-0.39, 0.29) is 36.2 Å². The molecule has 5 N–H and O–H groups in total. The molecule has 0 amide bonds. The highest BCUT2D eigenvalue weighted by Crippen LogP contribution is 2.62. The Morgan fingerprint density at radius 1 is 1.26 bits per heavy atom. The van der Waals surface area contributed by atoms with Gasteiger partial charge in [0.25, 0.3) is 0 Å². The monoisotopic (exact) mass is 614 g/mol. The maximum absolute atomic E-state index is 14.1. The smallest absolute Gasteiger partial charge is 0.459 e. The van der Waals surface area contributed by atoms with Crippen LogP contribution in [0.3, 0.4) is 0 Å². The number of nitrogens with two attached hydrogens (primary N) is 1. The Labute approximate surface area is 248 Å². The second-order valence-electron chi connectivity index (χ2n) is 10.8. The minimum absolute atomic E-state index is 0.0353. The number of nitriles is 1. The van der Waals surface area contributed by atoms with Crippen LogP contribution in [0.4, 0.5) is 5.82 Å². The average molecular weight is 615 g/mol. The van der Waals surface area contributed by atoms with Gasteiger partial charge in [-0.2, -0.15) is 15.4 Å². The molecule has 1 spiro atoms. The molecule has 2 fully saturated rings. The van der Waals surface area contributed by atoms with Crippen molar-refractivity contribution < 1.29 is 38.1 Å². The Hall–Kier alpha value is -3.57. The highest BCUT2D eigenvalue weighted by molar-refractivity contribution is 7.52. The molecule has 230 valence electrons. The van der Waals surface area contributed by atoms with Crippen molar-refractivity contribution in [1.29, 1.82) is 5.26 Å². The number of hydrogen-bond acceptors (Lipinski definition) is 12. The summed E-state index contributed by atoms with van der Waals surface area (Å²) < 4.78 is 38.7. The molecule has 5 rings (SSSR count). The van der Waals surface area contributed by atoms with Gasteiger partial charge in [0.2, 0.25) is 5.60 Å². The Morgan fingerprint density at radius 2 is 1.98 bits per heavy atom. The second kappa shape index (κ2) is 11.8. The normalized spacial score (nSPS) is 28.4. The summed E-state index contributed by atoms with van der Waals surface area (Å²) in [4.78, 5) is 16.7. The first-order chi connectivity index (χ1) is 20.5. The quantitative estimate of drug-likeness (QED) is 0.171. The van der Waals surface area contributed by atoms with E-state index in [0.717, 1.165) is 12.8 Å². The van der Waals surface area contributed by atoms with Gasteiger partial charge in [-0.1, -0.05) is 44.9 Å². The summed E-state index contributed by atoms with van der Waals surface area (Å²) in [5, 5.41) is 39.4. The zero-order valence-electron chi connectivity index (χ0n) is 24.0. The number of carbonyl (C=O) groups is 1. The lowest BCUT2D eigenvalue weighted by molar-refractivity contribution is -0.146. The first-order valence-corrected chi connectivity index (χ1v) is 15.6. The molecule has 14 nitrogen and oxygen atoms in total. The van der Waals surface area contributed by atoms with Crippen LogP contribution in [-0.2, 0) is 29.0 Å². The van der Waals surface area contributed by atoms with Crippen molar-refractivity contribution in [2.45, 2.75) is 75.6 Å². The number of esters is 1. The van der Waals surface area contributed by atoms with Crippen LogP contribution >= 0.6 is 7.75 Å². The number of hydrogen-bond donors (Lipinski definition) is 4. The molecule has 0 bridgehead atoms. The molecule has 7 atom stereocenters. The van der Waals surface area contributed by atoms with E-state index >= 15 is 0 Å². The molecule has 15 heteroatoms. The van der Waals surface area contributed by atoms with Gasteiger partial charge in [0.05, 0.1) is 12.3 Å². The van der Waals surface area contributed by atoms with E-state index in [1.807, 2.05) is 19.9 Å². The van der Waals surface area contributed by atoms with Crippen LogP contribution in [-0.4, -0.2) is 67.3 Å². The van der Waals surface area contributed by atoms with Crippen molar-refractivity contribution in [2.24, 2.45) is 5.92 Å². The topological polar surface area (TPSA) is 204 Å².